The van der Waals surface area contributed by atoms with Crippen molar-refractivity contribution in [2.24, 2.45) is 11.8 Å². The average Bonchev–Trinajstić information content (AvgIpc) is 3.19. The van der Waals surface area contributed by atoms with Gasteiger partial charge in [-0.3, -0.25) is 9.59 Å². The first-order valence-corrected chi connectivity index (χ1v) is 6.40. The van der Waals surface area contributed by atoms with Gasteiger partial charge in [0.15, 0.2) is 11.6 Å². The molecule has 0 spiro atoms. The molecule has 0 saturated heterocycles. The van der Waals surface area contributed by atoms with E-state index in [0.29, 0.717) is 6.42 Å². The Kier molecular flexibility index (Phi) is 4.22. The molecule has 1 aliphatic carbocycles. The van der Waals surface area contributed by atoms with Crippen LogP contribution in [0.3, 0.4) is 0 Å². The lowest BCUT2D eigenvalue weighted by molar-refractivity contribution is -0.140. The summed E-state index contributed by atoms with van der Waals surface area (Å²) in [5, 5.41) is 11.3. The molecule has 0 unspecified atom stereocenters. The number of ether oxygens (including phenoxy) is 1. The van der Waals surface area contributed by atoms with Gasteiger partial charge < -0.3 is 15.2 Å². The molecule has 2 rings (SSSR count). The molecule has 3 atom stereocenters. The highest BCUT2D eigenvalue weighted by Gasteiger charge is 2.48. The van der Waals surface area contributed by atoms with Gasteiger partial charge >= 0.3 is 5.97 Å². The molecule has 1 fully saturated rings. The van der Waals surface area contributed by atoms with Crippen molar-refractivity contribution < 1.29 is 23.8 Å². The maximum Gasteiger partial charge on any atom is 0.307 e. The Balaban J connectivity index is 1.76. The summed E-state index contributed by atoms with van der Waals surface area (Å²) in [6, 6.07) is 6.02. The van der Waals surface area contributed by atoms with Crippen LogP contribution < -0.4 is 10.1 Å². The predicted octanol–water partition coefficient (Wildman–Crippen LogP) is 1.43. The van der Waals surface area contributed by atoms with Crippen molar-refractivity contribution in [3.63, 3.8) is 0 Å². The molecule has 1 saturated carbocycles. The molecule has 1 amide bonds. The van der Waals surface area contributed by atoms with E-state index in [1.165, 1.54) is 12.1 Å². The highest BCUT2D eigenvalue weighted by Crippen LogP contribution is 2.38. The monoisotopic (exact) mass is 281 g/mol. The molecule has 0 radical (unpaired) electrons. The lowest BCUT2D eigenvalue weighted by atomic mass is 10.3. The summed E-state index contributed by atoms with van der Waals surface area (Å²) >= 11 is 0. The SMILES string of the molecule is C[C@H](CNC(=O)[C@@H]1C[C@@H]1C(=O)O)Oc1ccccc1F. The number of rotatable bonds is 6. The number of benzene rings is 1. The van der Waals surface area contributed by atoms with Crippen LogP contribution in [-0.4, -0.2) is 29.6 Å². The van der Waals surface area contributed by atoms with Gasteiger partial charge in [-0.1, -0.05) is 12.1 Å². The van der Waals surface area contributed by atoms with Gasteiger partial charge in [-0.15, -0.1) is 0 Å². The van der Waals surface area contributed by atoms with Crippen LogP contribution >= 0.6 is 0 Å². The second kappa shape index (κ2) is 5.90. The van der Waals surface area contributed by atoms with Gasteiger partial charge in [0.1, 0.15) is 6.10 Å². The Labute approximate surface area is 115 Å². The fourth-order valence-electron chi connectivity index (χ4n) is 1.93. The van der Waals surface area contributed by atoms with Crippen LogP contribution in [0.25, 0.3) is 0 Å². The van der Waals surface area contributed by atoms with Crippen LogP contribution in [0.15, 0.2) is 24.3 Å². The van der Waals surface area contributed by atoms with Crippen molar-refractivity contribution >= 4 is 11.9 Å². The Bertz CT molecular complexity index is 520. The van der Waals surface area contributed by atoms with Crippen LogP contribution in [0.5, 0.6) is 5.75 Å². The normalized spacial score (nSPS) is 21.9. The highest BCUT2D eigenvalue weighted by molar-refractivity contribution is 5.89. The first kappa shape index (κ1) is 14.3. The van der Waals surface area contributed by atoms with Gasteiger partial charge in [0, 0.05) is 0 Å². The molecule has 1 aromatic carbocycles. The standard InChI is InChI=1S/C14H16FNO4/c1-8(20-12-5-3-2-4-11(12)15)7-16-13(17)9-6-10(9)14(18)19/h2-5,8-10H,6-7H2,1H3,(H,16,17)(H,18,19)/t8-,9-,10+/m1/s1. The van der Waals surface area contributed by atoms with E-state index in [1.807, 2.05) is 0 Å². The van der Waals surface area contributed by atoms with E-state index < -0.39 is 29.7 Å². The van der Waals surface area contributed by atoms with Crippen molar-refractivity contribution in [1.82, 2.24) is 5.32 Å². The zero-order chi connectivity index (χ0) is 14.7. The number of hydrogen-bond donors (Lipinski definition) is 2. The number of halogens is 1. The third kappa shape index (κ3) is 3.46. The molecular weight excluding hydrogens is 265 g/mol. The molecule has 1 aliphatic rings. The van der Waals surface area contributed by atoms with Gasteiger partial charge in [-0.05, 0) is 25.5 Å². The topological polar surface area (TPSA) is 75.6 Å². The minimum absolute atomic E-state index is 0.129. The first-order chi connectivity index (χ1) is 9.49. The zero-order valence-electron chi connectivity index (χ0n) is 11.0. The molecule has 0 aromatic heterocycles. The van der Waals surface area contributed by atoms with Crippen LogP contribution in [-0.2, 0) is 9.59 Å². The third-order valence-electron chi connectivity index (χ3n) is 3.17. The van der Waals surface area contributed by atoms with Crippen LogP contribution in [0.4, 0.5) is 4.39 Å². The van der Waals surface area contributed by atoms with Gasteiger partial charge in [0.25, 0.3) is 0 Å². The number of aliphatic carboxylic acids is 1. The van der Waals surface area contributed by atoms with Crippen LogP contribution in [0.2, 0.25) is 0 Å². The number of carbonyl (C=O) groups excluding carboxylic acids is 1. The molecule has 1 aromatic rings. The summed E-state index contributed by atoms with van der Waals surface area (Å²) in [7, 11) is 0. The van der Waals surface area contributed by atoms with Crippen molar-refractivity contribution in [2.75, 3.05) is 6.54 Å². The zero-order valence-corrected chi connectivity index (χ0v) is 11.0. The molecule has 0 heterocycles. The van der Waals surface area contributed by atoms with E-state index in [0.717, 1.165) is 0 Å². The van der Waals surface area contributed by atoms with Crippen molar-refractivity contribution in [3.05, 3.63) is 30.1 Å². The van der Waals surface area contributed by atoms with E-state index in [-0.39, 0.29) is 18.2 Å². The molecule has 5 nitrogen and oxygen atoms in total. The van der Waals surface area contributed by atoms with Crippen LogP contribution in [0.1, 0.15) is 13.3 Å². The summed E-state index contributed by atoms with van der Waals surface area (Å²) in [6.07, 6.45) is -0.0261. The molecule has 6 heteroatoms. The number of amides is 1. The summed E-state index contributed by atoms with van der Waals surface area (Å²) in [4.78, 5) is 22.3. The fraction of sp³-hybridized carbons (Fsp3) is 0.429. The molecule has 20 heavy (non-hydrogen) atoms. The van der Waals surface area contributed by atoms with Crippen LogP contribution in [0, 0.1) is 17.7 Å². The number of nitrogens with one attached hydrogen (secondary N) is 1. The van der Waals surface area contributed by atoms with E-state index in [4.69, 9.17) is 9.84 Å². The largest absolute Gasteiger partial charge is 0.486 e. The third-order valence-corrected chi connectivity index (χ3v) is 3.17. The second-order valence-electron chi connectivity index (χ2n) is 4.89. The minimum Gasteiger partial charge on any atom is -0.486 e. The average molecular weight is 281 g/mol. The summed E-state index contributed by atoms with van der Waals surface area (Å²) in [5.41, 5.74) is 0. The Morgan fingerprint density at radius 3 is 2.75 bits per heavy atom. The van der Waals surface area contributed by atoms with Gasteiger partial charge in [0.05, 0.1) is 18.4 Å². The highest BCUT2D eigenvalue weighted by atomic mass is 19.1. The molecule has 0 aliphatic heterocycles. The Morgan fingerprint density at radius 1 is 1.45 bits per heavy atom. The van der Waals surface area contributed by atoms with Gasteiger partial charge in [-0.2, -0.15) is 0 Å². The maximum atomic E-state index is 13.3. The predicted molar refractivity (Wildman–Crippen MR) is 68.7 cm³/mol. The smallest absolute Gasteiger partial charge is 0.307 e. The molecule has 2 N–H and O–H groups in total. The number of hydrogen-bond acceptors (Lipinski definition) is 3. The number of carboxylic acid groups (broad SMARTS) is 1. The molecule has 0 bridgehead atoms. The number of para-hydroxylation sites is 1. The Hall–Kier alpha value is -2.11. The first-order valence-electron chi connectivity index (χ1n) is 6.40. The minimum atomic E-state index is -0.944. The van der Waals surface area contributed by atoms with Gasteiger partial charge in [0.2, 0.25) is 5.91 Å². The van der Waals surface area contributed by atoms with E-state index in [1.54, 1.807) is 19.1 Å². The summed E-state index contributed by atoms with van der Waals surface area (Å²) < 4.78 is 18.7. The Morgan fingerprint density at radius 2 is 2.15 bits per heavy atom. The fourth-order valence-corrected chi connectivity index (χ4v) is 1.93. The van der Waals surface area contributed by atoms with Crippen molar-refractivity contribution in [2.45, 2.75) is 19.4 Å². The van der Waals surface area contributed by atoms with E-state index in [2.05, 4.69) is 5.32 Å². The summed E-state index contributed by atoms with van der Waals surface area (Å²) in [6.45, 7) is 1.91. The number of carboxylic acids is 1. The lowest BCUT2D eigenvalue weighted by Gasteiger charge is -2.15. The maximum absolute atomic E-state index is 13.3. The summed E-state index contributed by atoms with van der Waals surface area (Å²) in [5.74, 6) is -2.59. The van der Waals surface area contributed by atoms with Gasteiger partial charge in [-0.25, -0.2) is 4.39 Å². The van der Waals surface area contributed by atoms with Crippen molar-refractivity contribution in [1.29, 1.82) is 0 Å². The number of carbonyl (C=O) groups is 2. The molecular formula is C14H16FNO4. The lowest BCUT2D eigenvalue weighted by Crippen LogP contribution is -2.35. The van der Waals surface area contributed by atoms with E-state index in [9.17, 15) is 14.0 Å². The second-order valence-corrected chi connectivity index (χ2v) is 4.89. The van der Waals surface area contributed by atoms with E-state index >= 15 is 0 Å². The molecule has 108 valence electrons. The van der Waals surface area contributed by atoms with Crippen molar-refractivity contribution in [3.8, 4) is 5.75 Å². The quantitative estimate of drug-likeness (QED) is 0.827.